The van der Waals surface area contributed by atoms with Gasteiger partial charge < -0.3 is 24.4 Å². The van der Waals surface area contributed by atoms with Crippen LogP contribution in [0.3, 0.4) is 0 Å². The van der Waals surface area contributed by atoms with E-state index in [2.05, 4.69) is 5.32 Å². The van der Waals surface area contributed by atoms with Crippen LogP contribution in [0.4, 0.5) is 5.69 Å². The van der Waals surface area contributed by atoms with Gasteiger partial charge in [0, 0.05) is 17.5 Å². The molecule has 3 aliphatic heterocycles. The van der Waals surface area contributed by atoms with Gasteiger partial charge in [-0.3, -0.25) is 14.4 Å². The fourth-order valence-electron chi connectivity index (χ4n) is 7.45. The zero-order valence-electron chi connectivity index (χ0n) is 25.9. The first-order valence-electron chi connectivity index (χ1n) is 15.4. The van der Waals surface area contributed by atoms with Crippen molar-refractivity contribution in [3.05, 3.63) is 125 Å². The number of nitrogens with one attached hydrogen (secondary N) is 1. The van der Waals surface area contributed by atoms with Crippen LogP contribution in [0.25, 0.3) is 6.08 Å². The van der Waals surface area contributed by atoms with E-state index >= 15 is 9.59 Å². The van der Waals surface area contributed by atoms with Gasteiger partial charge in [0.15, 0.2) is 11.6 Å². The molecule has 0 unspecified atom stereocenters. The lowest BCUT2D eigenvalue weighted by atomic mass is 9.62. The number of Topliss-reactive ketones (excluding diaryl/α,β-unsaturated/α-hetero) is 2. The third kappa shape index (κ3) is 4.31. The van der Waals surface area contributed by atoms with Crippen molar-refractivity contribution in [3.63, 3.8) is 0 Å². The maximum Gasteiger partial charge on any atom is 0.238 e. The van der Waals surface area contributed by atoms with Gasteiger partial charge in [-0.15, -0.1) is 0 Å². The Bertz CT molecular complexity index is 1880. The van der Waals surface area contributed by atoms with Gasteiger partial charge in [0.1, 0.15) is 28.7 Å². The summed E-state index contributed by atoms with van der Waals surface area (Å²) in [5, 5.41) is 3.08. The third-order valence-electron chi connectivity index (χ3n) is 9.41. The molecule has 4 aromatic carbocycles. The number of fused-ring (bicyclic) bond motifs is 6. The molecule has 8 heteroatoms. The van der Waals surface area contributed by atoms with E-state index in [1.807, 2.05) is 72.6 Å². The minimum Gasteiger partial charge on any atom is -0.497 e. The van der Waals surface area contributed by atoms with Gasteiger partial charge in [0.2, 0.25) is 5.91 Å². The summed E-state index contributed by atoms with van der Waals surface area (Å²) in [5.74, 6) is -0.612. The van der Waals surface area contributed by atoms with Crippen molar-refractivity contribution in [2.24, 2.45) is 5.92 Å². The van der Waals surface area contributed by atoms with Crippen molar-refractivity contribution in [2.75, 3.05) is 26.1 Å². The van der Waals surface area contributed by atoms with E-state index in [1.165, 1.54) is 14.2 Å². The zero-order chi connectivity index (χ0) is 32.0. The van der Waals surface area contributed by atoms with Crippen LogP contribution in [-0.2, 0) is 10.2 Å². The highest BCUT2D eigenvalue weighted by molar-refractivity contribution is 6.17. The number of methoxy groups -OCH3 is 2. The van der Waals surface area contributed by atoms with Crippen molar-refractivity contribution in [1.29, 1.82) is 0 Å². The Hall–Kier alpha value is -5.37. The average molecular weight is 615 g/mol. The molecule has 1 spiro atoms. The summed E-state index contributed by atoms with van der Waals surface area (Å²) >= 11 is 0. The molecule has 0 radical (unpaired) electrons. The molecule has 1 amide bonds. The summed E-state index contributed by atoms with van der Waals surface area (Å²) in [5.41, 5.74) is 2.34. The summed E-state index contributed by atoms with van der Waals surface area (Å²) in [6.07, 6.45) is 4.64. The van der Waals surface area contributed by atoms with Crippen LogP contribution in [0.1, 0.15) is 56.8 Å². The predicted octanol–water partition coefficient (Wildman–Crippen LogP) is 6.47. The molecule has 0 saturated carbocycles. The highest BCUT2D eigenvalue weighted by atomic mass is 16.5. The monoisotopic (exact) mass is 614 g/mol. The molecule has 7 rings (SSSR count). The Kier molecular flexibility index (Phi) is 7.35. The molecule has 232 valence electrons. The number of carbonyl (C=O) groups excluding carboxylic acids is 3. The molecule has 1 fully saturated rings. The maximum absolute atomic E-state index is 15.1. The summed E-state index contributed by atoms with van der Waals surface area (Å²) in [6.45, 7) is 2.58. The van der Waals surface area contributed by atoms with Crippen molar-refractivity contribution < 1.29 is 28.6 Å². The number of para-hydroxylation sites is 1. The van der Waals surface area contributed by atoms with E-state index in [0.717, 1.165) is 17.5 Å². The lowest BCUT2D eigenvalue weighted by Gasteiger charge is -2.38. The molecule has 1 N–H and O–H groups in total. The van der Waals surface area contributed by atoms with Crippen LogP contribution in [0.15, 0.2) is 97.2 Å². The number of anilines is 1. The van der Waals surface area contributed by atoms with Gasteiger partial charge in [0.05, 0.1) is 38.3 Å². The number of hydrogen-bond donors (Lipinski definition) is 1. The summed E-state index contributed by atoms with van der Waals surface area (Å²) in [4.78, 5) is 46.7. The second kappa shape index (κ2) is 11.5. The van der Waals surface area contributed by atoms with E-state index in [0.29, 0.717) is 40.7 Å². The molecule has 4 atom stereocenters. The molecular weight excluding hydrogens is 580 g/mol. The van der Waals surface area contributed by atoms with Crippen molar-refractivity contribution >= 4 is 29.2 Å². The Labute approximate surface area is 267 Å². The predicted molar refractivity (Wildman–Crippen MR) is 175 cm³/mol. The molecule has 3 heterocycles. The minimum atomic E-state index is -1.43. The van der Waals surface area contributed by atoms with E-state index < -0.39 is 23.4 Å². The van der Waals surface area contributed by atoms with Crippen LogP contribution in [0.2, 0.25) is 0 Å². The summed E-state index contributed by atoms with van der Waals surface area (Å²) in [7, 11) is 3.03. The molecular formula is C38H34N2O6. The van der Waals surface area contributed by atoms with Gasteiger partial charge in [0.25, 0.3) is 0 Å². The average Bonchev–Trinajstić information content (AvgIpc) is 3.58. The van der Waals surface area contributed by atoms with Crippen molar-refractivity contribution in [2.45, 2.75) is 30.8 Å². The van der Waals surface area contributed by atoms with Crippen LogP contribution in [0.5, 0.6) is 17.2 Å². The van der Waals surface area contributed by atoms with Crippen molar-refractivity contribution in [1.82, 2.24) is 4.90 Å². The van der Waals surface area contributed by atoms with E-state index in [9.17, 15) is 4.79 Å². The lowest BCUT2D eigenvalue weighted by Crippen LogP contribution is -2.49. The van der Waals surface area contributed by atoms with Crippen LogP contribution < -0.4 is 19.5 Å². The molecule has 0 aliphatic carbocycles. The molecule has 1 saturated heterocycles. The highest BCUT2D eigenvalue weighted by Crippen LogP contribution is 2.62. The Morgan fingerprint density at radius 1 is 0.870 bits per heavy atom. The molecule has 3 aliphatic rings. The standard InChI is InChI=1S/C38H34N2O6/c1-4-21-46-25-15-13-24(14-16-25)34(41)32-33(35(42)28-22-26(44-2)17-18-31(28)45-3)40-20-19-23-9-5-6-10-27(23)36(40)38(32)29-11-7-8-12-30(29)39-37(38)43/h5-20,22,32-33,36H,4,21H2,1-3H3,(H,39,43)/t32-,33+,36-,38+/m0/s1. The number of rotatable bonds is 9. The van der Waals surface area contributed by atoms with Gasteiger partial charge in [-0.05, 0) is 77.7 Å². The smallest absolute Gasteiger partial charge is 0.238 e. The minimum absolute atomic E-state index is 0.266. The Morgan fingerprint density at radius 2 is 1.61 bits per heavy atom. The maximum atomic E-state index is 15.1. The number of ether oxygens (including phenoxy) is 3. The van der Waals surface area contributed by atoms with Gasteiger partial charge in [-0.25, -0.2) is 0 Å². The SMILES string of the molecule is CCCOc1ccc(C(=O)[C@@H]2[C@H](C(=O)c3cc(OC)ccc3OC)N3C=Cc4ccccc4[C@H]3[C@]23C(=O)Nc2ccccc23)cc1. The summed E-state index contributed by atoms with van der Waals surface area (Å²) in [6, 6.07) is 25.6. The van der Waals surface area contributed by atoms with Crippen molar-refractivity contribution in [3.8, 4) is 17.2 Å². The summed E-state index contributed by atoms with van der Waals surface area (Å²) < 4.78 is 16.9. The van der Waals surface area contributed by atoms with Crippen LogP contribution in [0, 0.1) is 5.92 Å². The van der Waals surface area contributed by atoms with Crippen LogP contribution in [-0.4, -0.2) is 49.2 Å². The largest absolute Gasteiger partial charge is 0.497 e. The first-order valence-corrected chi connectivity index (χ1v) is 15.4. The second-order valence-corrected chi connectivity index (χ2v) is 11.8. The second-order valence-electron chi connectivity index (χ2n) is 11.8. The lowest BCUT2D eigenvalue weighted by molar-refractivity contribution is -0.122. The number of carbonyl (C=O) groups is 3. The quantitative estimate of drug-likeness (QED) is 0.216. The normalized spacial score (nSPS) is 22.1. The van der Waals surface area contributed by atoms with Gasteiger partial charge in [-0.1, -0.05) is 49.4 Å². The topological polar surface area (TPSA) is 94.2 Å². The Morgan fingerprint density at radius 3 is 2.37 bits per heavy atom. The number of nitrogens with zero attached hydrogens (tertiary/aromatic N) is 1. The van der Waals surface area contributed by atoms with Gasteiger partial charge >= 0.3 is 0 Å². The van der Waals surface area contributed by atoms with Gasteiger partial charge in [-0.2, -0.15) is 0 Å². The van der Waals surface area contributed by atoms with E-state index in [-0.39, 0.29) is 23.0 Å². The van der Waals surface area contributed by atoms with E-state index in [1.54, 1.807) is 42.5 Å². The Balaban J connectivity index is 1.49. The third-order valence-corrected chi connectivity index (χ3v) is 9.41. The first kappa shape index (κ1) is 29.3. The zero-order valence-corrected chi connectivity index (χ0v) is 25.9. The van der Waals surface area contributed by atoms with E-state index in [4.69, 9.17) is 14.2 Å². The molecule has 0 bridgehead atoms. The molecule has 0 aromatic heterocycles. The molecule has 4 aromatic rings. The van der Waals surface area contributed by atoms with Crippen LogP contribution >= 0.6 is 0 Å². The fourth-order valence-corrected chi connectivity index (χ4v) is 7.45. The fraction of sp³-hybridized carbons (Fsp3) is 0.237. The number of ketones is 2. The first-order chi connectivity index (χ1) is 22.4. The number of benzene rings is 4. The molecule has 8 nitrogen and oxygen atoms in total. The molecule has 46 heavy (non-hydrogen) atoms. The number of amides is 1. The highest BCUT2D eigenvalue weighted by Gasteiger charge is 2.70. The number of hydrogen-bond acceptors (Lipinski definition) is 7.